The van der Waals surface area contributed by atoms with Gasteiger partial charge in [0.05, 0.1) is 4.75 Å². The number of rotatable bonds is 2. The van der Waals surface area contributed by atoms with Crippen LogP contribution in [0.4, 0.5) is 0 Å². The van der Waals surface area contributed by atoms with Crippen LogP contribution in [-0.2, 0) is 4.79 Å². The number of carboxylic acid groups (broad SMARTS) is 1. The van der Waals surface area contributed by atoms with Crippen molar-refractivity contribution in [2.45, 2.75) is 23.6 Å². The molecule has 5 heteroatoms. The molecule has 1 rings (SSSR count). The molecule has 0 spiro atoms. The van der Waals surface area contributed by atoms with Gasteiger partial charge >= 0.3 is 5.97 Å². The number of thiol groups is 1. The van der Waals surface area contributed by atoms with E-state index in [1.54, 1.807) is 0 Å². The lowest BCUT2D eigenvalue weighted by atomic mass is 10.2. The molecule has 1 fully saturated rings. The highest BCUT2D eigenvalue weighted by molar-refractivity contribution is 7.82. The molecule has 60 valence electrons. The van der Waals surface area contributed by atoms with Crippen LogP contribution in [0, 0.1) is 0 Å². The molecule has 1 aliphatic carbocycles. The Bertz CT molecular complexity index is 149. The van der Waals surface area contributed by atoms with E-state index in [1.807, 2.05) is 0 Å². The van der Waals surface area contributed by atoms with Gasteiger partial charge in [-0.25, -0.2) is 4.79 Å². The quantitative estimate of drug-likeness (QED) is 0.384. The minimum atomic E-state index is -0.845. The van der Waals surface area contributed by atoms with E-state index >= 15 is 0 Å². The van der Waals surface area contributed by atoms with Crippen molar-refractivity contribution in [1.29, 1.82) is 0 Å². The lowest BCUT2D eigenvalue weighted by Crippen LogP contribution is -3.00. The van der Waals surface area contributed by atoms with E-state index in [9.17, 15) is 4.79 Å². The highest BCUT2D eigenvalue weighted by atomic mass is 35.5. The first kappa shape index (κ1) is 10.1. The average molecular weight is 184 g/mol. The van der Waals surface area contributed by atoms with Crippen LogP contribution in [-0.4, -0.2) is 21.9 Å². The summed E-state index contributed by atoms with van der Waals surface area (Å²) in [7, 11) is 0. The first-order valence-electron chi connectivity index (χ1n) is 2.84. The average Bonchev–Trinajstić information content (AvgIpc) is 2.47. The van der Waals surface area contributed by atoms with Crippen LogP contribution in [0.15, 0.2) is 0 Å². The Kier molecular flexibility index (Phi) is 3.00. The van der Waals surface area contributed by atoms with Gasteiger partial charge in [0, 0.05) is 0 Å². The van der Waals surface area contributed by atoms with E-state index in [0.29, 0.717) is 0 Å². The first-order chi connectivity index (χ1) is 4.06. The zero-order chi connectivity index (χ0) is 7.07. The van der Waals surface area contributed by atoms with Crippen molar-refractivity contribution in [2.75, 3.05) is 0 Å². The minimum absolute atomic E-state index is 0. The van der Waals surface area contributed by atoms with Crippen molar-refractivity contribution in [2.24, 2.45) is 0 Å². The lowest BCUT2D eigenvalue weighted by Gasteiger charge is -2.07. The summed E-state index contributed by atoms with van der Waals surface area (Å²) >= 11 is 4.16. The number of aliphatic carboxylic acids is 1. The predicted molar refractivity (Wildman–Crippen MR) is 35.3 cm³/mol. The number of quaternary nitrogens is 1. The fraction of sp³-hybridized carbons (Fsp3) is 0.800. The molecule has 0 aromatic carbocycles. The first-order valence-corrected chi connectivity index (χ1v) is 3.29. The Labute approximate surface area is 70.8 Å². The van der Waals surface area contributed by atoms with Gasteiger partial charge < -0.3 is 23.2 Å². The summed E-state index contributed by atoms with van der Waals surface area (Å²) in [6, 6.07) is -0.541. The summed E-state index contributed by atoms with van der Waals surface area (Å²) in [4.78, 5) is 10.3. The molecule has 0 saturated heterocycles. The van der Waals surface area contributed by atoms with Crippen molar-refractivity contribution >= 4 is 18.6 Å². The minimum Gasteiger partial charge on any atom is -1.00 e. The normalized spacial score (nSPS) is 22.6. The number of hydrogen-bond acceptors (Lipinski definition) is 2. The molecule has 3 nitrogen and oxygen atoms in total. The van der Waals surface area contributed by atoms with Gasteiger partial charge in [-0.05, 0) is 12.8 Å². The number of carbonyl (C=O) groups is 1. The third kappa shape index (κ3) is 1.78. The Hall–Kier alpha value is 0.0700. The van der Waals surface area contributed by atoms with Crippen LogP contribution in [0.5, 0.6) is 0 Å². The molecule has 0 aromatic rings. The molecule has 0 aliphatic heterocycles. The SMILES string of the molecule is [Cl-].[NH3+]C(C(=O)O)C1(S)CC1. The van der Waals surface area contributed by atoms with Crippen molar-refractivity contribution in [3.05, 3.63) is 0 Å². The Balaban J connectivity index is 0.000000810. The van der Waals surface area contributed by atoms with E-state index in [-0.39, 0.29) is 17.2 Å². The molecule has 1 unspecified atom stereocenters. The fourth-order valence-electron chi connectivity index (χ4n) is 0.706. The molecule has 0 bridgehead atoms. The van der Waals surface area contributed by atoms with Gasteiger partial charge in [-0.1, -0.05) is 0 Å². The van der Waals surface area contributed by atoms with Crippen molar-refractivity contribution < 1.29 is 28.0 Å². The largest absolute Gasteiger partial charge is 1.00 e. The summed E-state index contributed by atoms with van der Waals surface area (Å²) in [6.45, 7) is 0. The number of carboxylic acids is 1. The maximum atomic E-state index is 10.3. The molecule has 1 aliphatic rings. The highest BCUT2D eigenvalue weighted by Gasteiger charge is 2.51. The maximum absolute atomic E-state index is 10.3. The van der Waals surface area contributed by atoms with Gasteiger partial charge in [0.25, 0.3) is 0 Å². The van der Waals surface area contributed by atoms with Gasteiger partial charge in [0.15, 0.2) is 6.04 Å². The second-order valence-electron chi connectivity index (χ2n) is 2.49. The zero-order valence-corrected chi connectivity index (χ0v) is 7.03. The van der Waals surface area contributed by atoms with E-state index in [2.05, 4.69) is 18.4 Å². The Morgan fingerprint density at radius 1 is 1.70 bits per heavy atom. The van der Waals surface area contributed by atoms with Crippen molar-refractivity contribution in [1.82, 2.24) is 0 Å². The summed E-state index contributed by atoms with van der Waals surface area (Å²) in [5.41, 5.74) is 3.50. The summed E-state index contributed by atoms with van der Waals surface area (Å²) in [5, 5.41) is 8.45. The van der Waals surface area contributed by atoms with Crippen LogP contribution >= 0.6 is 12.6 Å². The van der Waals surface area contributed by atoms with E-state index in [1.165, 1.54) is 0 Å². The molecule has 10 heavy (non-hydrogen) atoms. The molecule has 0 aromatic heterocycles. The molecule has 0 amide bonds. The topological polar surface area (TPSA) is 64.9 Å². The van der Waals surface area contributed by atoms with E-state index in [4.69, 9.17) is 5.11 Å². The number of hydrogen-bond donors (Lipinski definition) is 3. The summed E-state index contributed by atoms with van der Waals surface area (Å²) in [5.74, 6) is -0.845. The van der Waals surface area contributed by atoms with Gasteiger partial charge in [0.2, 0.25) is 0 Å². The van der Waals surface area contributed by atoms with Gasteiger partial charge in [0.1, 0.15) is 0 Å². The van der Waals surface area contributed by atoms with Crippen molar-refractivity contribution in [3.8, 4) is 0 Å². The van der Waals surface area contributed by atoms with Crippen LogP contribution in [0.1, 0.15) is 12.8 Å². The van der Waals surface area contributed by atoms with Crippen LogP contribution in [0.25, 0.3) is 0 Å². The third-order valence-electron chi connectivity index (χ3n) is 1.71. The highest BCUT2D eigenvalue weighted by Crippen LogP contribution is 2.43. The third-order valence-corrected chi connectivity index (χ3v) is 2.47. The zero-order valence-electron chi connectivity index (χ0n) is 5.38. The molecule has 4 N–H and O–H groups in total. The molecule has 0 radical (unpaired) electrons. The maximum Gasteiger partial charge on any atom is 0.363 e. The van der Waals surface area contributed by atoms with Crippen LogP contribution in [0.2, 0.25) is 0 Å². The Morgan fingerprint density at radius 2 is 2.10 bits per heavy atom. The molecule has 1 atom stereocenters. The van der Waals surface area contributed by atoms with Gasteiger partial charge in [-0.2, -0.15) is 12.6 Å². The smallest absolute Gasteiger partial charge is 0.363 e. The van der Waals surface area contributed by atoms with Gasteiger partial charge in [-0.3, -0.25) is 0 Å². The number of halogens is 1. The molecule has 1 saturated carbocycles. The lowest BCUT2D eigenvalue weighted by molar-refractivity contribution is -0.409. The van der Waals surface area contributed by atoms with E-state index in [0.717, 1.165) is 12.8 Å². The van der Waals surface area contributed by atoms with E-state index < -0.39 is 12.0 Å². The predicted octanol–water partition coefficient (Wildman–Crippen LogP) is -3.85. The van der Waals surface area contributed by atoms with Crippen molar-refractivity contribution in [3.63, 3.8) is 0 Å². The standard InChI is InChI=1S/C5H9NO2S.ClH/c6-3(4(7)8)5(9)1-2-5;/h3,9H,1-2,6H2,(H,7,8);1H. The fourth-order valence-corrected chi connectivity index (χ4v) is 0.929. The second kappa shape index (κ2) is 2.98. The van der Waals surface area contributed by atoms with Crippen LogP contribution in [0.3, 0.4) is 0 Å². The monoisotopic (exact) mass is 183 g/mol. The second-order valence-corrected chi connectivity index (χ2v) is 3.39. The Morgan fingerprint density at radius 3 is 2.20 bits per heavy atom. The van der Waals surface area contributed by atoms with Crippen LogP contribution < -0.4 is 18.1 Å². The van der Waals surface area contributed by atoms with Gasteiger partial charge in [-0.15, -0.1) is 0 Å². The molecular weight excluding hydrogens is 174 g/mol. The molecule has 0 heterocycles. The summed E-state index contributed by atoms with van der Waals surface area (Å²) in [6.07, 6.45) is 1.77. The summed E-state index contributed by atoms with van der Waals surface area (Å²) < 4.78 is -0.286. The molecular formula is C5H10ClNO2S.